The van der Waals surface area contributed by atoms with Gasteiger partial charge in [0.2, 0.25) is 0 Å². The highest BCUT2D eigenvalue weighted by Crippen LogP contribution is 2.68. The Morgan fingerprint density at radius 1 is 0.900 bits per heavy atom. The van der Waals surface area contributed by atoms with Gasteiger partial charge in [-0.2, -0.15) is 0 Å². The lowest BCUT2D eigenvalue weighted by Gasteiger charge is -2.60. The SMILES string of the molecule is CCc1ccc(COC2(O)CC[C@@]3(C)C(=CC(Cc4ccccc4)[C@H]4[C@@H]5CC[C@H](C(C)=O)[C@@]5(C)CC[C@@H]43)C2)cc1. The number of allylic oxidation sites excluding steroid dienone is 1. The molecule has 2 unspecified atom stereocenters. The minimum absolute atomic E-state index is 0.0891. The molecule has 0 amide bonds. The third kappa shape index (κ3) is 4.81. The summed E-state index contributed by atoms with van der Waals surface area (Å²) in [6, 6.07) is 19.5. The van der Waals surface area contributed by atoms with Gasteiger partial charge in [0.15, 0.2) is 5.79 Å². The highest BCUT2D eigenvalue weighted by atomic mass is 16.6. The molecule has 0 aromatic heterocycles. The quantitative estimate of drug-likeness (QED) is 0.285. The van der Waals surface area contributed by atoms with Crippen molar-refractivity contribution in [2.24, 2.45) is 40.4 Å². The van der Waals surface area contributed by atoms with Crippen LogP contribution in [0.5, 0.6) is 0 Å². The Morgan fingerprint density at radius 2 is 1.62 bits per heavy atom. The molecular weight excluding hydrogens is 492 g/mol. The van der Waals surface area contributed by atoms with Gasteiger partial charge in [-0.1, -0.05) is 87.0 Å². The number of rotatable bonds is 7. The molecule has 4 aliphatic carbocycles. The summed E-state index contributed by atoms with van der Waals surface area (Å²) in [4.78, 5) is 12.7. The Kier molecular flexibility index (Phi) is 7.36. The lowest BCUT2D eigenvalue weighted by molar-refractivity contribution is -0.232. The molecule has 3 nitrogen and oxygen atoms in total. The second-order valence-electron chi connectivity index (χ2n) is 14.1. The number of benzene rings is 2. The van der Waals surface area contributed by atoms with Crippen molar-refractivity contribution in [3.05, 3.63) is 82.9 Å². The molecule has 0 spiro atoms. The maximum atomic E-state index is 12.7. The van der Waals surface area contributed by atoms with Crippen LogP contribution in [0.25, 0.3) is 0 Å². The van der Waals surface area contributed by atoms with E-state index in [0.29, 0.717) is 48.9 Å². The van der Waals surface area contributed by atoms with Crippen molar-refractivity contribution in [2.45, 2.75) is 97.9 Å². The second kappa shape index (κ2) is 10.6. The molecule has 1 N–H and O–H groups in total. The first kappa shape index (κ1) is 27.9. The topological polar surface area (TPSA) is 46.5 Å². The zero-order valence-corrected chi connectivity index (χ0v) is 25.0. The molecule has 2 aromatic rings. The minimum Gasteiger partial charge on any atom is -0.365 e. The maximum Gasteiger partial charge on any atom is 0.169 e. The van der Waals surface area contributed by atoms with Gasteiger partial charge in [-0.15, -0.1) is 0 Å². The Hall–Kier alpha value is -2.23. The summed E-state index contributed by atoms with van der Waals surface area (Å²) in [6.45, 7) is 9.36. The van der Waals surface area contributed by atoms with Crippen LogP contribution in [0.2, 0.25) is 0 Å². The van der Waals surface area contributed by atoms with Gasteiger partial charge >= 0.3 is 0 Å². The van der Waals surface area contributed by atoms with Crippen molar-refractivity contribution in [1.82, 2.24) is 0 Å². The number of carbonyl (C=O) groups is 1. The van der Waals surface area contributed by atoms with Crippen LogP contribution in [0.3, 0.4) is 0 Å². The summed E-state index contributed by atoms with van der Waals surface area (Å²) < 4.78 is 6.32. The Morgan fingerprint density at radius 3 is 2.33 bits per heavy atom. The van der Waals surface area contributed by atoms with Gasteiger partial charge in [-0.05, 0) is 103 Å². The lowest BCUT2D eigenvalue weighted by Crippen LogP contribution is -2.55. The van der Waals surface area contributed by atoms with Crippen molar-refractivity contribution >= 4 is 5.78 Å². The molecule has 8 atom stereocenters. The summed E-state index contributed by atoms with van der Waals surface area (Å²) in [5.74, 6) is 1.68. The number of carbonyl (C=O) groups excluding carboxylic acids is 1. The fourth-order valence-corrected chi connectivity index (χ4v) is 9.74. The summed E-state index contributed by atoms with van der Waals surface area (Å²) in [7, 11) is 0. The normalized spacial score (nSPS) is 38.6. The fourth-order valence-electron chi connectivity index (χ4n) is 9.74. The van der Waals surface area contributed by atoms with Gasteiger partial charge in [0, 0.05) is 18.8 Å². The van der Waals surface area contributed by atoms with E-state index in [9.17, 15) is 9.90 Å². The molecule has 6 rings (SSSR count). The number of ketones is 1. The van der Waals surface area contributed by atoms with Gasteiger partial charge in [0.25, 0.3) is 0 Å². The first-order valence-electron chi connectivity index (χ1n) is 15.8. The van der Waals surface area contributed by atoms with Crippen LogP contribution >= 0.6 is 0 Å². The number of Topliss-reactive ketones (excluding diaryl/α,β-unsaturated/α-hetero) is 1. The van der Waals surface area contributed by atoms with Gasteiger partial charge in [-0.25, -0.2) is 0 Å². The largest absolute Gasteiger partial charge is 0.365 e. The highest BCUT2D eigenvalue weighted by Gasteiger charge is 2.62. The number of aryl methyl sites for hydroxylation is 1. The van der Waals surface area contributed by atoms with E-state index in [4.69, 9.17) is 4.74 Å². The Balaban J connectivity index is 1.30. The molecule has 0 bridgehead atoms. The lowest BCUT2D eigenvalue weighted by atomic mass is 9.44. The van der Waals surface area contributed by atoms with Crippen molar-refractivity contribution < 1.29 is 14.6 Å². The van der Waals surface area contributed by atoms with E-state index in [1.165, 1.54) is 29.5 Å². The van der Waals surface area contributed by atoms with Crippen molar-refractivity contribution in [3.8, 4) is 0 Å². The predicted octanol–water partition coefficient (Wildman–Crippen LogP) is 8.09. The maximum absolute atomic E-state index is 12.7. The van der Waals surface area contributed by atoms with E-state index in [1.54, 1.807) is 0 Å². The van der Waals surface area contributed by atoms with Crippen molar-refractivity contribution in [2.75, 3.05) is 0 Å². The third-order valence-corrected chi connectivity index (χ3v) is 12.0. The molecule has 0 saturated heterocycles. The van der Waals surface area contributed by atoms with Gasteiger partial charge in [-0.3, -0.25) is 4.79 Å². The Labute approximate surface area is 241 Å². The molecule has 4 aliphatic rings. The molecule has 2 aromatic carbocycles. The second-order valence-corrected chi connectivity index (χ2v) is 14.1. The zero-order valence-electron chi connectivity index (χ0n) is 25.0. The van der Waals surface area contributed by atoms with Crippen LogP contribution < -0.4 is 0 Å². The predicted molar refractivity (Wildman–Crippen MR) is 160 cm³/mol. The van der Waals surface area contributed by atoms with Crippen LogP contribution in [-0.4, -0.2) is 16.7 Å². The number of aliphatic hydroxyl groups is 1. The average Bonchev–Trinajstić information content (AvgIpc) is 3.31. The summed E-state index contributed by atoms with van der Waals surface area (Å²) in [5, 5.41) is 11.7. The molecule has 3 heteroatoms. The number of hydrogen-bond acceptors (Lipinski definition) is 3. The highest BCUT2D eigenvalue weighted by molar-refractivity contribution is 5.79. The smallest absolute Gasteiger partial charge is 0.169 e. The summed E-state index contributed by atoms with van der Waals surface area (Å²) in [6.07, 6.45) is 11.4. The molecule has 40 heavy (non-hydrogen) atoms. The number of fused-ring (bicyclic) bond motifs is 5. The van der Waals surface area contributed by atoms with Crippen LogP contribution in [0.1, 0.15) is 89.3 Å². The van der Waals surface area contributed by atoms with E-state index in [0.717, 1.165) is 37.7 Å². The molecular formula is C37H48O3. The van der Waals surface area contributed by atoms with E-state index in [2.05, 4.69) is 81.4 Å². The van der Waals surface area contributed by atoms with Gasteiger partial charge in [0.1, 0.15) is 5.78 Å². The monoisotopic (exact) mass is 540 g/mol. The van der Waals surface area contributed by atoms with E-state index >= 15 is 0 Å². The zero-order chi connectivity index (χ0) is 28.1. The molecule has 0 heterocycles. The molecule has 0 radical (unpaired) electrons. The average molecular weight is 541 g/mol. The fraction of sp³-hybridized carbons (Fsp3) is 0.595. The number of hydrogen-bond donors (Lipinski definition) is 1. The molecule has 214 valence electrons. The number of ether oxygens (including phenoxy) is 1. The van der Waals surface area contributed by atoms with E-state index in [1.807, 2.05) is 6.92 Å². The van der Waals surface area contributed by atoms with Crippen molar-refractivity contribution in [3.63, 3.8) is 0 Å². The van der Waals surface area contributed by atoms with Gasteiger partial charge < -0.3 is 9.84 Å². The van der Waals surface area contributed by atoms with E-state index < -0.39 is 5.79 Å². The van der Waals surface area contributed by atoms with Crippen LogP contribution in [0.15, 0.2) is 66.2 Å². The van der Waals surface area contributed by atoms with Crippen LogP contribution in [0.4, 0.5) is 0 Å². The Bertz CT molecular complexity index is 1250. The first-order valence-corrected chi connectivity index (χ1v) is 15.8. The molecule has 3 saturated carbocycles. The van der Waals surface area contributed by atoms with Crippen LogP contribution in [0, 0.1) is 40.4 Å². The summed E-state index contributed by atoms with van der Waals surface area (Å²) >= 11 is 0. The first-order chi connectivity index (χ1) is 19.1. The molecule has 0 aliphatic heterocycles. The summed E-state index contributed by atoms with van der Waals surface area (Å²) in [5.41, 5.74) is 5.45. The van der Waals surface area contributed by atoms with Crippen LogP contribution in [-0.2, 0) is 29.0 Å². The third-order valence-electron chi connectivity index (χ3n) is 12.0. The van der Waals surface area contributed by atoms with Gasteiger partial charge in [0.05, 0.1) is 6.61 Å². The standard InChI is InChI=1S/C37H48O3/c1-5-26-11-13-28(14-12-26)24-40-37(39)20-19-35(3)30(23-37)22-29(21-27-9-7-6-8-10-27)34-32-16-15-31(25(2)38)36(32,4)18-17-33(34)35/h6-14,22,29,31-34,39H,5,15-21,23-24H2,1-4H3/t29?,31-,32+,33+,34+,35+,36-,37?/m1/s1. The van der Waals surface area contributed by atoms with Crippen molar-refractivity contribution in [1.29, 1.82) is 0 Å². The molecule has 3 fully saturated rings. The van der Waals surface area contributed by atoms with E-state index in [-0.39, 0.29) is 16.7 Å². The minimum atomic E-state index is -1.12.